The molecule has 0 unspecified atom stereocenters. The molecule has 3 nitrogen and oxygen atoms in total. The van der Waals surface area contributed by atoms with Crippen LogP contribution in [0.15, 0.2) is 4.99 Å². The van der Waals surface area contributed by atoms with Crippen molar-refractivity contribution in [3.8, 4) is 0 Å². The average molecular weight is 209 g/mol. The first-order valence-corrected chi connectivity index (χ1v) is 5.97. The van der Waals surface area contributed by atoms with Gasteiger partial charge in [0.05, 0.1) is 6.04 Å². The normalized spacial score (nSPS) is 43.3. The van der Waals surface area contributed by atoms with Crippen LogP contribution in [0.3, 0.4) is 0 Å². The summed E-state index contributed by atoms with van der Waals surface area (Å²) in [7, 11) is 1.83. The molecule has 0 aromatic heterocycles. The van der Waals surface area contributed by atoms with Crippen LogP contribution in [-0.2, 0) is 0 Å². The molecule has 0 heterocycles. The van der Waals surface area contributed by atoms with E-state index < -0.39 is 0 Å². The lowest BCUT2D eigenvalue weighted by Gasteiger charge is -2.61. The number of aliphatic imine (C=N–C) groups is 1. The van der Waals surface area contributed by atoms with Gasteiger partial charge in [0.1, 0.15) is 0 Å². The predicted molar refractivity (Wildman–Crippen MR) is 63.6 cm³/mol. The van der Waals surface area contributed by atoms with Crippen LogP contribution in [0.5, 0.6) is 0 Å². The van der Waals surface area contributed by atoms with E-state index >= 15 is 0 Å². The Kier molecular flexibility index (Phi) is 2.44. The van der Waals surface area contributed by atoms with Crippen LogP contribution in [-0.4, -0.2) is 19.0 Å². The largest absolute Gasteiger partial charge is 0.370 e. The lowest BCUT2D eigenvalue weighted by atomic mass is 9.45. The minimum atomic E-state index is 0.439. The molecule has 2 bridgehead atoms. The standard InChI is InChI=1S/C12H23N3/c1-7-9-5-8(12(9,2)3)6-10(7)15-11(13)14-4/h7-10H,5-6H2,1-4H3,(H3,13,14,15)/t7-,8-,9+,10-/m0/s1. The third-order valence-corrected chi connectivity index (χ3v) is 4.87. The average Bonchev–Trinajstić information content (AvgIpc) is 2.19. The minimum absolute atomic E-state index is 0.439. The second-order valence-corrected chi connectivity index (χ2v) is 5.79. The Hall–Kier alpha value is -0.730. The fourth-order valence-electron chi connectivity index (χ4n) is 3.54. The maximum Gasteiger partial charge on any atom is 0.188 e. The summed E-state index contributed by atoms with van der Waals surface area (Å²) >= 11 is 0. The van der Waals surface area contributed by atoms with E-state index in [4.69, 9.17) is 5.73 Å². The molecule has 86 valence electrons. The van der Waals surface area contributed by atoms with E-state index in [0.29, 0.717) is 23.3 Å². The summed E-state index contributed by atoms with van der Waals surface area (Å²) in [6.45, 7) is 7.15. The number of rotatable bonds is 1. The predicted octanol–water partition coefficient (Wildman–Crippen LogP) is 1.59. The lowest BCUT2D eigenvalue weighted by Crippen LogP contribution is -2.56. The van der Waals surface area contributed by atoms with E-state index in [1.807, 2.05) is 7.05 Å². The zero-order chi connectivity index (χ0) is 11.2. The van der Waals surface area contributed by atoms with Crippen LogP contribution in [0.25, 0.3) is 0 Å². The van der Waals surface area contributed by atoms with Crippen LogP contribution < -0.4 is 11.1 Å². The molecule has 0 aromatic carbocycles. The number of hydrogen-bond acceptors (Lipinski definition) is 1. The van der Waals surface area contributed by atoms with E-state index in [-0.39, 0.29) is 0 Å². The summed E-state index contributed by atoms with van der Waals surface area (Å²) in [6, 6.07) is 0.439. The molecular formula is C12H23N3. The van der Waals surface area contributed by atoms with Crippen molar-refractivity contribution in [2.24, 2.45) is 33.9 Å². The van der Waals surface area contributed by atoms with Crippen LogP contribution in [0.4, 0.5) is 0 Å². The summed E-state index contributed by atoms with van der Waals surface area (Å²) in [4.78, 5) is 4.57. The number of nitrogens with one attached hydrogen (secondary N) is 1. The monoisotopic (exact) mass is 209 g/mol. The molecule has 3 N–H and O–H groups in total. The molecule has 4 atom stereocenters. The molecule has 3 aliphatic rings. The molecule has 0 saturated heterocycles. The molecule has 3 saturated carbocycles. The Bertz CT molecular complexity index is 283. The molecule has 15 heavy (non-hydrogen) atoms. The first-order valence-electron chi connectivity index (χ1n) is 5.97. The Morgan fingerprint density at radius 3 is 2.53 bits per heavy atom. The van der Waals surface area contributed by atoms with Crippen LogP contribution >= 0.6 is 0 Å². The Morgan fingerprint density at radius 1 is 1.40 bits per heavy atom. The first-order chi connectivity index (χ1) is 6.96. The molecule has 0 amide bonds. The SMILES string of the molecule is CNC(N)=N[C@H]1C[C@@H]2C[C@H]([C@@H]1C)C2(C)C. The number of nitrogens with zero attached hydrogens (tertiary/aromatic N) is 1. The Balaban J connectivity index is 2.09. The highest BCUT2D eigenvalue weighted by Crippen LogP contribution is 2.61. The Labute approximate surface area is 92.5 Å². The topological polar surface area (TPSA) is 50.4 Å². The van der Waals surface area contributed by atoms with E-state index in [9.17, 15) is 0 Å². The summed E-state index contributed by atoms with van der Waals surface area (Å²) in [5.74, 6) is 2.97. The second kappa shape index (κ2) is 3.39. The van der Waals surface area contributed by atoms with Crippen molar-refractivity contribution in [2.45, 2.75) is 39.7 Å². The van der Waals surface area contributed by atoms with Gasteiger partial charge in [0, 0.05) is 7.05 Å². The van der Waals surface area contributed by atoms with Crippen molar-refractivity contribution in [3.05, 3.63) is 0 Å². The van der Waals surface area contributed by atoms with Crippen molar-refractivity contribution in [1.82, 2.24) is 5.32 Å². The first kappa shape index (κ1) is 10.8. The van der Waals surface area contributed by atoms with Crippen LogP contribution in [0.1, 0.15) is 33.6 Å². The van der Waals surface area contributed by atoms with Gasteiger partial charge in [-0.2, -0.15) is 0 Å². The summed E-state index contributed by atoms with van der Waals surface area (Å²) in [5.41, 5.74) is 6.27. The third-order valence-electron chi connectivity index (χ3n) is 4.87. The van der Waals surface area contributed by atoms with Gasteiger partial charge < -0.3 is 11.1 Å². The van der Waals surface area contributed by atoms with Crippen LogP contribution in [0.2, 0.25) is 0 Å². The maximum absolute atomic E-state index is 5.73. The molecule has 0 aliphatic heterocycles. The van der Waals surface area contributed by atoms with Gasteiger partial charge in [-0.25, -0.2) is 4.99 Å². The smallest absolute Gasteiger partial charge is 0.188 e. The van der Waals surface area contributed by atoms with E-state index in [1.165, 1.54) is 12.8 Å². The Morgan fingerprint density at radius 2 is 2.07 bits per heavy atom. The minimum Gasteiger partial charge on any atom is -0.370 e. The maximum atomic E-state index is 5.73. The third kappa shape index (κ3) is 1.52. The molecule has 3 heteroatoms. The second-order valence-electron chi connectivity index (χ2n) is 5.79. The number of nitrogens with two attached hydrogens (primary N) is 1. The van der Waals surface area contributed by atoms with Crippen molar-refractivity contribution in [2.75, 3.05) is 7.05 Å². The number of guanidine groups is 1. The molecule has 0 aromatic rings. The number of hydrogen-bond donors (Lipinski definition) is 2. The van der Waals surface area contributed by atoms with Crippen molar-refractivity contribution in [3.63, 3.8) is 0 Å². The van der Waals surface area contributed by atoms with Gasteiger partial charge in [0.2, 0.25) is 0 Å². The van der Waals surface area contributed by atoms with Crippen molar-refractivity contribution < 1.29 is 0 Å². The van der Waals surface area contributed by atoms with Gasteiger partial charge in [-0.15, -0.1) is 0 Å². The van der Waals surface area contributed by atoms with Gasteiger partial charge in [-0.1, -0.05) is 20.8 Å². The molecule has 3 aliphatic carbocycles. The molecule has 3 fully saturated rings. The molecule has 0 radical (unpaired) electrons. The zero-order valence-corrected chi connectivity index (χ0v) is 10.2. The van der Waals surface area contributed by atoms with Gasteiger partial charge in [0.25, 0.3) is 0 Å². The van der Waals surface area contributed by atoms with Gasteiger partial charge in [0.15, 0.2) is 5.96 Å². The summed E-state index contributed by atoms with van der Waals surface area (Å²) in [6.07, 6.45) is 2.62. The fraction of sp³-hybridized carbons (Fsp3) is 0.917. The highest BCUT2D eigenvalue weighted by atomic mass is 15.1. The lowest BCUT2D eigenvalue weighted by molar-refractivity contribution is -0.108. The number of fused-ring (bicyclic) bond motifs is 2. The zero-order valence-electron chi connectivity index (χ0n) is 10.2. The fourth-order valence-corrected chi connectivity index (χ4v) is 3.54. The highest BCUT2D eigenvalue weighted by molar-refractivity contribution is 5.77. The quantitative estimate of drug-likeness (QED) is 0.509. The van der Waals surface area contributed by atoms with E-state index in [0.717, 1.165) is 11.8 Å². The van der Waals surface area contributed by atoms with Gasteiger partial charge >= 0.3 is 0 Å². The van der Waals surface area contributed by atoms with Gasteiger partial charge in [-0.05, 0) is 36.0 Å². The van der Waals surface area contributed by atoms with Crippen LogP contribution in [0, 0.1) is 23.2 Å². The molecular weight excluding hydrogens is 186 g/mol. The summed E-state index contributed by atoms with van der Waals surface area (Å²) < 4.78 is 0. The highest BCUT2D eigenvalue weighted by Gasteiger charge is 2.56. The van der Waals surface area contributed by atoms with Gasteiger partial charge in [-0.3, -0.25) is 0 Å². The summed E-state index contributed by atoms with van der Waals surface area (Å²) in [5, 5.41) is 2.91. The van der Waals surface area contributed by atoms with Crippen molar-refractivity contribution in [1.29, 1.82) is 0 Å². The van der Waals surface area contributed by atoms with E-state index in [1.54, 1.807) is 0 Å². The molecule has 0 spiro atoms. The van der Waals surface area contributed by atoms with Crippen molar-refractivity contribution >= 4 is 5.96 Å². The molecule has 3 rings (SSSR count). The van der Waals surface area contributed by atoms with E-state index in [2.05, 4.69) is 31.1 Å².